The fraction of sp³-hybridized carbons (Fsp3) is 0.929. The smallest absolute Gasteiger partial charge is 0.220 e. The van der Waals surface area contributed by atoms with E-state index in [1.165, 1.54) is 6.42 Å². The summed E-state index contributed by atoms with van der Waals surface area (Å²) in [5.74, 6) is 0.608. The number of nitrogens with two attached hydrogens (primary N) is 1. The molecule has 1 unspecified atom stereocenters. The highest BCUT2D eigenvalue weighted by molar-refractivity contribution is 5.77. The molecule has 1 aliphatic rings. The van der Waals surface area contributed by atoms with Gasteiger partial charge in [0.1, 0.15) is 0 Å². The maximum atomic E-state index is 11.9. The van der Waals surface area contributed by atoms with Crippen LogP contribution in [0.25, 0.3) is 0 Å². The summed E-state index contributed by atoms with van der Waals surface area (Å²) < 4.78 is 0. The van der Waals surface area contributed by atoms with Crippen LogP contribution >= 0.6 is 0 Å². The molecule has 1 saturated carbocycles. The number of amides is 1. The molecule has 0 radical (unpaired) electrons. The number of nitrogens with one attached hydrogen (secondary N) is 1. The van der Waals surface area contributed by atoms with Crippen molar-refractivity contribution in [1.29, 1.82) is 0 Å². The molecule has 1 aliphatic carbocycles. The quantitative estimate of drug-likeness (QED) is 0.775. The molecule has 0 aliphatic heterocycles. The van der Waals surface area contributed by atoms with Crippen LogP contribution in [-0.2, 0) is 4.79 Å². The third kappa shape index (κ3) is 4.66. The van der Waals surface area contributed by atoms with Crippen molar-refractivity contribution in [2.45, 2.75) is 65.3 Å². The van der Waals surface area contributed by atoms with Crippen LogP contribution in [0.2, 0.25) is 0 Å². The predicted octanol–water partition coefficient (Wildman–Crippen LogP) is 2.45. The van der Waals surface area contributed by atoms with Crippen LogP contribution in [0.4, 0.5) is 0 Å². The molecule has 0 spiro atoms. The van der Waals surface area contributed by atoms with E-state index in [0.29, 0.717) is 24.3 Å². The van der Waals surface area contributed by atoms with Gasteiger partial charge in [-0.25, -0.2) is 0 Å². The van der Waals surface area contributed by atoms with Gasteiger partial charge in [0.05, 0.1) is 5.54 Å². The fourth-order valence-electron chi connectivity index (χ4n) is 2.76. The second kappa shape index (κ2) is 5.38. The fourth-order valence-corrected chi connectivity index (χ4v) is 2.76. The maximum absolute atomic E-state index is 11.9. The Kier molecular flexibility index (Phi) is 4.59. The minimum atomic E-state index is -0.0709. The Hall–Kier alpha value is -0.570. The summed E-state index contributed by atoms with van der Waals surface area (Å²) in [4.78, 5) is 11.9. The molecule has 0 aromatic carbocycles. The van der Waals surface area contributed by atoms with Crippen molar-refractivity contribution in [3.8, 4) is 0 Å². The van der Waals surface area contributed by atoms with Gasteiger partial charge in [-0.2, -0.15) is 0 Å². The SMILES string of the molecule is CC(CC(=O)NC1(CN)CCC1)CC(C)(C)C. The van der Waals surface area contributed by atoms with Gasteiger partial charge in [0, 0.05) is 13.0 Å². The second-order valence-electron chi connectivity index (χ2n) is 6.96. The molecule has 1 rings (SSSR count). The van der Waals surface area contributed by atoms with Crippen LogP contribution in [0.1, 0.15) is 59.8 Å². The Morgan fingerprint density at radius 3 is 2.35 bits per heavy atom. The Balaban J connectivity index is 2.34. The van der Waals surface area contributed by atoms with Crippen molar-refractivity contribution in [3.63, 3.8) is 0 Å². The molecule has 1 atom stereocenters. The van der Waals surface area contributed by atoms with Gasteiger partial charge < -0.3 is 11.1 Å². The van der Waals surface area contributed by atoms with Gasteiger partial charge in [-0.3, -0.25) is 4.79 Å². The summed E-state index contributed by atoms with van der Waals surface area (Å²) in [6.45, 7) is 9.38. The normalized spacial score (nSPS) is 20.5. The van der Waals surface area contributed by atoms with Gasteiger partial charge in [0.15, 0.2) is 0 Å². The number of rotatable bonds is 5. The van der Waals surface area contributed by atoms with Gasteiger partial charge in [0.2, 0.25) is 5.91 Å². The standard InChI is InChI=1S/C14H28N2O/c1-11(9-13(2,3)4)8-12(17)16-14(10-15)6-5-7-14/h11H,5-10,15H2,1-4H3,(H,16,17). The van der Waals surface area contributed by atoms with Crippen molar-refractivity contribution in [1.82, 2.24) is 5.32 Å². The third-order valence-electron chi connectivity index (χ3n) is 3.60. The molecular formula is C14H28N2O. The van der Waals surface area contributed by atoms with E-state index in [0.717, 1.165) is 19.3 Å². The van der Waals surface area contributed by atoms with Crippen LogP contribution in [-0.4, -0.2) is 18.0 Å². The van der Waals surface area contributed by atoms with Gasteiger partial charge in [-0.15, -0.1) is 0 Å². The first-order valence-electron chi connectivity index (χ1n) is 6.77. The lowest BCUT2D eigenvalue weighted by Gasteiger charge is -2.42. The highest BCUT2D eigenvalue weighted by Gasteiger charge is 2.37. The molecule has 17 heavy (non-hydrogen) atoms. The van der Waals surface area contributed by atoms with E-state index in [9.17, 15) is 4.79 Å². The summed E-state index contributed by atoms with van der Waals surface area (Å²) in [5, 5.41) is 3.13. The van der Waals surface area contributed by atoms with Gasteiger partial charge in [-0.05, 0) is 37.0 Å². The van der Waals surface area contributed by atoms with Crippen LogP contribution in [0, 0.1) is 11.3 Å². The average molecular weight is 240 g/mol. The Morgan fingerprint density at radius 2 is 2.00 bits per heavy atom. The zero-order chi connectivity index (χ0) is 13.1. The minimum absolute atomic E-state index is 0.0709. The zero-order valence-corrected chi connectivity index (χ0v) is 11.8. The number of carbonyl (C=O) groups is 1. The van der Waals surface area contributed by atoms with Crippen molar-refractivity contribution in [2.75, 3.05) is 6.54 Å². The third-order valence-corrected chi connectivity index (χ3v) is 3.60. The minimum Gasteiger partial charge on any atom is -0.349 e. The lowest BCUT2D eigenvalue weighted by Crippen LogP contribution is -2.58. The van der Waals surface area contributed by atoms with E-state index in [1.807, 2.05) is 0 Å². The van der Waals surface area contributed by atoms with Crippen LogP contribution < -0.4 is 11.1 Å². The summed E-state index contributed by atoms with van der Waals surface area (Å²) in [6, 6.07) is 0. The topological polar surface area (TPSA) is 55.1 Å². The molecule has 0 heterocycles. The molecule has 0 saturated heterocycles. The molecule has 0 aromatic heterocycles. The molecule has 0 aromatic rings. The van der Waals surface area contributed by atoms with Crippen LogP contribution in [0.15, 0.2) is 0 Å². The molecular weight excluding hydrogens is 212 g/mol. The van der Waals surface area contributed by atoms with E-state index in [-0.39, 0.29) is 11.4 Å². The number of hydrogen-bond acceptors (Lipinski definition) is 2. The second-order valence-corrected chi connectivity index (χ2v) is 6.96. The largest absolute Gasteiger partial charge is 0.349 e. The molecule has 1 amide bonds. The van der Waals surface area contributed by atoms with Crippen LogP contribution in [0.5, 0.6) is 0 Å². The first-order chi connectivity index (χ1) is 7.76. The molecule has 3 N–H and O–H groups in total. The lowest BCUT2D eigenvalue weighted by molar-refractivity contribution is -0.125. The summed E-state index contributed by atoms with van der Waals surface area (Å²) in [7, 11) is 0. The monoisotopic (exact) mass is 240 g/mol. The Bertz CT molecular complexity index is 258. The van der Waals surface area contributed by atoms with Crippen molar-refractivity contribution in [3.05, 3.63) is 0 Å². The van der Waals surface area contributed by atoms with E-state index in [4.69, 9.17) is 5.73 Å². The highest BCUT2D eigenvalue weighted by atomic mass is 16.1. The van der Waals surface area contributed by atoms with E-state index < -0.39 is 0 Å². The zero-order valence-electron chi connectivity index (χ0n) is 11.8. The summed E-state index contributed by atoms with van der Waals surface area (Å²) in [6.07, 6.45) is 4.98. The van der Waals surface area contributed by atoms with Gasteiger partial charge >= 0.3 is 0 Å². The maximum Gasteiger partial charge on any atom is 0.220 e. The van der Waals surface area contributed by atoms with Crippen molar-refractivity contribution in [2.24, 2.45) is 17.1 Å². The molecule has 1 fully saturated rings. The van der Waals surface area contributed by atoms with E-state index in [2.05, 4.69) is 33.0 Å². The number of carbonyl (C=O) groups excluding carboxylic acids is 1. The van der Waals surface area contributed by atoms with Gasteiger partial charge in [0.25, 0.3) is 0 Å². The average Bonchev–Trinajstić information content (AvgIpc) is 2.07. The van der Waals surface area contributed by atoms with Gasteiger partial charge in [-0.1, -0.05) is 27.7 Å². The van der Waals surface area contributed by atoms with Crippen molar-refractivity contribution >= 4 is 5.91 Å². The van der Waals surface area contributed by atoms with E-state index >= 15 is 0 Å². The Morgan fingerprint density at radius 1 is 1.41 bits per heavy atom. The molecule has 0 bridgehead atoms. The summed E-state index contributed by atoms with van der Waals surface area (Å²) >= 11 is 0. The first-order valence-corrected chi connectivity index (χ1v) is 6.77. The Labute approximate surface area is 106 Å². The molecule has 3 nitrogen and oxygen atoms in total. The van der Waals surface area contributed by atoms with E-state index in [1.54, 1.807) is 0 Å². The first kappa shape index (κ1) is 14.5. The molecule has 3 heteroatoms. The summed E-state index contributed by atoms with van der Waals surface area (Å²) in [5.41, 5.74) is 5.96. The lowest BCUT2D eigenvalue weighted by atomic mass is 9.76. The molecule has 100 valence electrons. The van der Waals surface area contributed by atoms with Crippen LogP contribution in [0.3, 0.4) is 0 Å². The number of hydrogen-bond donors (Lipinski definition) is 2. The predicted molar refractivity (Wildman–Crippen MR) is 71.6 cm³/mol. The van der Waals surface area contributed by atoms with Crippen molar-refractivity contribution < 1.29 is 4.79 Å². The highest BCUT2D eigenvalue weighted by Crippen LogP contribution is 2.31.